The van der Waals surface area contributed by atoms with Crippen molar-refractivity contribution < 1.29 is 0 Å². The maximum Gasteiger partial charge on any atom is 0.0320 e. The van der Waals surface area contributed by atoms with Crippen LogP contribution in [0.25, 0.3) is 0 Å². The Balaban J connectivity index is 1.82. The van der Waals surface area contributed by atoms with Crippen molar-refractivity contribution in [1.29, 1.82) is 0 Å². The highest BCUT2D eigenvalue weighted by molar-refractivity contribution is 5.25. The average Bonchev–Trinajstić information content (AvgIpc) is 2.91. The van der Waals surface area contributed by atoms with Crippen LogP contribution in [0.5, 0.6) is 0 Å². The topological polar surface area (TPSA) is 12.0 Å². The minimum Gasteiger partial charge on any atom is -0.306 e. The third kappa shape index (κ3) is 2.44. The SMILES string of the molecule is CCC(NC1C2(C)CCC(C2)C1(C)C)c1ccc(C)cc1. The lowest BCUT2D eigenvalue weighted by Gasteiger charge is -2.45. The highest BCUT2D eigenvalue weighted by Gasteiger charge is 2.59. The Morgan fingerprint density at radius 3 is 2.38 bits per heavy atom. The van der Waals surface area contributed by atoms with Crippen molar-refractivity contribution in [3.8, 4) is 0 Å². The average molecular weight is 285 g/mol. The second-order valence-corrected chi connectivity index (χ2v) is 8.39. The Hall–Kier alpha value is -0.820. The molecule has 0 aliphatic heterocycles. The number of aryl methyl sites for hydroxylation is 1. The summed E-state index contributed by atoms with van der Waals surface area (Å²) in [6.07, 6.45) is 5.42. The number of fused-ring (bicyclic) bond motifs is 2. The van der Waals surface area contributed by atoms with Gasteiger partial charge in [-0.05, 0) is 54.9 Å². The molecule has 21 heavy (non-hydrogen) atoms. The van der Waals surface area contributed by atoms with Gasteiger partial charge in [-0.2, -0.15) is 0 Å². The Morgan fingerprint density at radius 2 is 1.86 bits per heavy atom. The van der Waals surface area contributed by atoms with Gasteiger partial charge >= 0.3 is 0 Å². The first-order valence-corrected chi connectivity index (χ1v) is 8.69. The summed E-state index contributed by atoms with van der Waals surface area (Å²) >= 11 is 0. The van der Waals surface area contributed by atoms with Gasteiger partial charge < -0.3 is 5.32 Å². The van der Waals surface area contributed by atoms with E-state index in [1.807, 2.05) is 0 Å². The normalized spacial score (nSPS) is 35.1. The quantitative estimate of drug-likeness (QED) is 0.796. The van der Waals surface area contributed by atoms with Crippen molar-refractivity contribution in [3.05, 3.63) is 35.4 Å². The third-order valence-corrected chi connectivity index (χ3v) is 6.53. The number of hydrogen-bond acceptors (Lipinski definition) is 1. The summed E-state index contributed by atoms with van der Waals surface area (Å²) in [5.74, 6) is 0.913. The number of rotatable bonds is 4. The van der Waals surface area contributed by atoms with E-state index in [4.69, 9.17) is 0 Å². The van der Waals surface area contributed by atoms with Crippen molar-refractivity contribution in [2.75, 3.05) is 0 Å². The fraction of sp³-hybridized carbons (Fsp3) is 0.700. The molecule has 116 valence electrons. The second kappa shape index (κ2) is 5.12. The molecule has 0 aromatic heterocycles. The van der Waals surface area contributed by atoms with E-state index in [9.17, 15) is 0 Å². The summed E-state index contributed by atoms with van der Waals surface area (Å²) in [5.41, 5.74) is 3.74. The zero-order valence-corrected chi connectivity index (χ0v) is 14.4. The minimum absolute atomic E-state index is 0.436. The van der Waals surface area contributed by atoms with Gasteiger partial charge in [-0.3, -0.25) is 0 Å². The molecule has 1 N–H and O–H groups in total. The second-order valence-electron chi connectivity index (χ2n) is 8.39. The van der Waals surface area contributed by atoms with Gasteiger partial charge in [-0.15, -0.1) is 0 Å². The molecule has 1 nitrogen and oxygen atoms in total. The Labute approximate surface area is 130 Å². The lowest BCUT2D eigenvalue weighted by atomic mass is 9.68. The van der Waals surface area contributed by atoms with Gasteiger partial charge in [0.05, 0.1) is 0 Å². The smallest absolute Gasteiger partial charge is 0.0320 e. The van der Waals surface area contributed by atoms with Crippen LogP contribution in [0.3, 0.4) is 0 Å². The van der Waals surface area contributed by atoms with Crippen molar-refractivity contribution in [2.45, 2.75) is 72.4 Å². The number of hydrogen-bond donors (Lipinski definition) is 1. The van der Waals surface area contributed by atoms with E-state index < -0.39 is 0 Å². The molecule has 4 atom stereocenters. The van der Waals surface area contributed by atoms with Gasteiger partial charge in [0.2, 0.25) is 0 Å². The van der Waals surface area contributed by atoms with Crippen LogP contribution in [0, 0.1) is 23.7 Å². The molecule has 3 rings (SSSR count). The van der Waals surface area contributed by atoms with Crippen LogP contribution in [0.1, 0.15) is 70.5 Å². The summed E-state index contributed by atoms with van der Waals surface area (Å²) in [4.78, 5) is 0. The lowest BCUT2D eigenvalue weighted by molar-refractivity contribution is 0.0976. The molecule has 1 heteroatoms. The summed E-state index contributed by atoms with van der Waals surface area (Å²) in [5, 5.41) is 4.06. The summed E-state index contributed by atoms with van der Waals surface area (Å²) in [6.45, 7) is 12.0. The van der Waals surface area contributed by atoms with Crippen molar-refractivity contribution in [3.63, 3.8) is 0 Å². The van der Waals surface area contributed by atoms with Gasteiger partial charge in [-0.25, -0.2) is 0 Å². The fourth-order valence-electron chi connectivity index (χ4n) is 5.17. The molecule has 0 amide bonds. The summed E-state index contributed by atoms with van der Waals surface area (Å²) in [6, 6.07) is 10.2. The van der Waals surface area contributed by atoms with E-state index in [0.717, 1.165) is 12.3 Å². The molecule has 0 saturated heterocycles. The molecule has 0 spiro atoms. The van der Waals surface area contributed by atoms with Crippen LogP contribution in [-0.2, 0) is 0 Å². The van der Waals surface area contributed by atoms with Gasteiger partial charge in [0.1, 0.15) is 0 Å². The van der Waals surface area contributed by atoms with Gasteiger partial charge in [0, 0.05) is 12.1 Å². The highest BCUT2D eigenvalue weighted by Crippen LogP contribution is 2.62. The minimum atomic E-state index is 0.436. The van der Waals surface area contributed by atoms with E-state index in [1.165, 1.54) is 30.4 Å². The molecule has 1 aromatic carbocycles. The first-order valence-electron chi connectivity index (χ1n) is 8.69. The standard InChI is InChI=1S/C20H31N/c1-6-17(15-9-7-14(2)8-10-15)21-18-19(3,4)16-11-12-20(18,5)13-16/h7-10,16-18,21H,6,11-13H2,1-5H3. The van der Waals surface area contributed by atoms with E-state index in [-0.39, 0.29) is 0 Å². The van der Waals surface area contributed by atoms with Crippen LogP contribution < -0.4 is 5.32 Å². The molecule has 4 unspecified atom stereocenters. The maximum atomic E-state index is 4.06. The van der Waals surface area contributed by atoms with E-state index in [0.29, 0.717) is 22.9 Å². The van der Waals surface area contributed by atoms with Crippen LogP contribution >= 0.6 is 0 Å². The molecule has 0 heterocycles. The van der Waals surface area contributed by atoms with Crippen LogP contribution in [0.2, 0.25) is 0 Å². The predicted octanol–water partition coefficient (Wildman–Crippen LogP) is 5.25. The molecular weight excluding hydrogens is 254 g/mol. The van der Waals surface area contributed by atoms with Gasteiger partial charge in [0.25, 0.3) is 0 Å². The molecule has 2 saturated carbocycles. The number of nitrogens with one attached hydrogen (secondary N) is 1. The van der Waals surface area contributed by atoms with Gasteiger partial charge in [0.15, 0.2) is 0 Å². The Kier molecular flexibility index (Phi) is 3.68. The zero-order chi connectivity index (χ0) is 15.3. The monoisotopic (exact) mass is 285 g/mol. The van der Waals surface area contributed by atoms with Crippen molar-refractivity contribution in [2.24, 2.45) is 16.7 Å². The van der Waals surface area contributed by atoms with Crippen LogP contribution in [-0.4, -0.2) is 6.04 Å². The largest absolute Gasteiger partial charge is 0.306 e. The predicted molar refractivity (Wildman–Crippen MR) is 90.4 cm³/mol. The first kappa shape index (κ1) is 15.1. The van der Waals surface area contributed by atoms with Crippen molar-refractivity contribution >= 4 is 0 Å². The lowest BCUT2D eigenvalue weighted by Crippen LogP contribution is -2.51. The zero-order valence-electron chi connectivity index (χ0n) is 14.4. The van der Waals surface area contributed by atoms with Crippen LogP contribution in [0.15, 0.2) is 24.3 Å². The molecule has 2 aliphatic carbocycles. The van der Waals surface area contributed by atoms with Crippen LogP contribution in [0.4, 0.5) is 0 Å². The number of benzene rings is 1. The molecular formula is C20H31N. The Bertz CT molecular complexity index is 496. The van der Waals surface area contributed by atoms with E-state index in [2.05, 4.69) is 64.2 Å². The third-order valence-electron chi connectivity index (χ3n) is 6.53. The summed E-state index contributed by atoms with van der Waals surface area (Å²) < 4.78 is 0. The van der Waals surface area contributed by atoms with Crippen molar-refractivity contribution in [1.82, 2.24) is 5.32 Å². The molecule has 2 fully saturated rings. The Morgan fingerprint density at radius 1 is 1.19 bits per heavy atom. The fourth-order valence-corrected chi connectivity index (χ4v) is 5.17. The van der Waals surface area contributed by atoms with E-state index >= 15 is 0 Å². The first-order chi connectivity index (χ1) is 9.87. The van der Waals surface area contributed by atoms with Gasteiger partial charge in [-0.1, -0.05) is 57.5 Å². The van der Waals surface area contributed by atoms with E-state index in [1.54, 1.807) is 0 Å². The molecule has 1 aromatic rings. The molecule has 2 aliphatic rings. The summed E-state index contributed by atoms with van der Waals surface area (Å²) in [7, 11) is 0. The highest BCUT2D eigenvalue weighted by atomic mass is 15.0. The maximum absolute atomic E-state index is 4.06. The molecule has 2 bridgehead atoms. The molecule has 0 radical (unpaired) electrons.